The Kier molecular flexibility index (Phi) is 4.88. The van der Waals surface area contributed by atoms with Gasteiger partial charge in [0, 0.05) is 9.85 Å². The van der Waals surface area contributed by atoms with Gasteiger partial charge in [-0.3, -0.25) is 0 Å². The highest BCUT2D eigenvalue weighted by atomic mass is 79.9. The van der Waals surface area contributed by atoms with Gasteiger partial charge in [0.05, 0.1) is 11.6 Å². The van der Waals surface area contributed by atoms with Crippen molar-refractivity contribution in [2.24, 2.45) is 0 Å². The van der Waals surface area contributed by atoms with Crippen LogP contribution in [0.25, 0.3) is 0 Å². The fraction of sp³-hybridized carbons (Fsp3) is 0.286. The summed E-state index contributed by atoms with van der Waals surface area (Å²) in [4.78, 5) is 0. The maximum atomic E-state index is 12.8. The Morgan fingerprint density at radius 2 is 2.05 bits per heavy atom. The van der Waals surface area contributed by atoms with E-state index in [4.69, 9.17) is 0 Å². The molecule has 0 aliphatic carbocycles. The van der Waals surface area contributed by atoms with Crippen molar-refractivity contribution >= 4 is 27.3 Å². The Morgan fingerprint density at radius 1 is 1.30 bits per heavy atom. The van der Waals surface area contributed by atoms with Gasteiger partial charge in [0.25, 0.3) is 0 Å². The first-order valence-electron chi connectivity index (χ1n) is 6.05. The summed E-state index contributed by atoms with van der Waals surface area (Å²) in [6.45, 7) is 2.60. The van der Waals surface area contributed by atoms with Gasteiger partial charge in [-0.25, -0.2) is 0 Å². The van der Waals surface area contributed by atoms with Crippen LogP contribution in [0.4, 0.5) is 13.2 Å². The molecule has 1 aromatic carbocycles. The molecule has 2 rings (SSSR count). The quantitative estimate of drug-likeness (QED) is 0.784. The van der Waals surface area contributed by atoms with Gasteiger partial charge >= 0.3 is 6.18 Å². The first-order chi connectivity index (χ1) is 9.43. The van der Waals surface area contributed by atoms with Crippen LogP contribution in [0.2, 0.25) is 0 Å². The summed E-state index contributed by atoms with van der Waals surface area (Å²) in [5, 5.41) is 7.10. The SMILES string of the molecule is CCNC(c1cccc(C(F)(F)F)c1)c1cscc1Br. The average Bonchev–Trinajstić information content (AvgIpc) is 2.81. The smallest absolute Gasteiger partial charge is 0.306 e. The summed E-state index contributed by atoms with van der Waals surface area (Å²) in [5.74, 6) is 0. The maximum absolute atomic E-state index is 12.8. The molecule has 0 amide bonds. The second-order valence-corrected chi connectivity index (χ2v) is 5.89. The van der Waals surface area contributed by atoms with E-state index in [0.717, 1.165) is 16.1 Å². The molecule has 20 heavy (non-hydrogen) atoms. The minimum Gasteiger partial charge on any atom is -0.306 e. The van der Waals surface area contributed by atoms with Crippen molar-refractivity contribution in [3.05, 3.63) is 56.2 Å². The highest BCUT2D eigenvalue weighted by molar-refractivity contribution is 9.10. The molecule has 2 aromatic rings. The molecule has 1 atom stereocenters. The number of hydrogen-bond donors (Lipinski definition) is 1. The monoisotopic (exact) mass is 363 g/mol. The Hall–Kier alpha value is -0.850. The number of halogens is 4. The first kappa shape index (κ1) is 15.5. The highest BCUT2D eigenvalue weighted by Gasteiger charge is 2.31. The fourth-order valence-electron chi connectivity index (χ4n) is 2.00. The van der Waals surface area contributed by atoms with E-state index in [1.54, 1.807) is 6.07 Å². The first-order valence-corrected chi connectivity index (χ1v) is 7.79. The van der Waals surface area contributed by atoms with Crippen LogP contribution in [-0.4, -0.2) is 6.54 Å². The van der Waals surface area contributed by atoms with Crippen molar-refractivity contribution in [3.8, 4) is 0 Å². The second kappa shape index (κ2) is 6.28. The molecule has 1 heterocycles. The van der Waals surface area contributed by atoms with E-state index in [9.17, 15) is 13.2 Å². The Balaban J connectivity index is 2.43. The Bertz CT molecular complexity index is 580. The highest BCUT2D eigenvalue weighted by Crippen LogP contribution is 2.35. The van der Waals surface area contributed by atoms with Crippen LogP contribution < -0.4 is 5.32 Å². The van der Waals surface area contributed by atoms with Crippen LogP contribution in [-0.2, 0) is 6.18 Å². The van der Waals surface area contributed by atoms with Gasteiger partial charge in [0.2, 0.25) is 0 Å². The number of thiophene rings is 1. The molecule has 1 nitrogen and oxygen atoms in total. The zero-order valence-corrected chi connectivity index (χ0v) is 13.1. The van der Waals surface area contributed by atoms with E-state index >= 15 is 0 Å². The lowest BCUT2D eigenvalue weighted by molar-refractivity contribution is -0.137. The lowest BCUT2D eigenvalue weighted by Crippen LogP contribution is -2.22. The number of nitrogens with one attached hydrogen (secondary N) is 1. The third kappa shape index (κ3) is 3.42. The van der Waals surface area contributed by atoms with Crippen LogP contribution >= 0.6 is 27.3 Å². The molecule has 0 radical (unpaired) electrons. The largest absolute Gasteiger partial charge is 0.416 e. The average molecular weight is 364 g/mol. The van der Waals surface area contributed by atoms with E-state index < -0.39 is 11.7 Å². The van der Waals surface area contributed by atoms with Gasteiger partial charge in [-0.2, -0.15) is 24.5 Å². The standard InChI is InChI=1S/C14H13BrF3NS/c1-2-19-13(11-7-20-8-12(11)15)9-4-3-5-10(6-9)14(16,17)18/h3-8,13,19H,2H2,1H3. The second-order valence-electron chi connectivity index (χ2n) is 4.29. The molecule has 6 heteroatoms. The van der Waals surface area contributed by atoms with Crippen molar-refractivity contribution in [2.75, 3.05) is 6.54 Å². The lowest BCUT2D eigenvalue weighted by Gasteiger charge is -2.19. The van der Waals surface area contributed by atoms with Gasteiger partial charge in [0.15, 0.2) is 0 Å². The third-order valence-electron chi connectivity index (χ3n) is 2.91. The van der Waals surface area contributed by atoms with Crippen molar-refractivity contribution in [1.29, 1.82) is 0 Å². The van der Waals surface area contributed by atoms with Gasteiger partial charge < -0.3 is 5.32 Å². The number of rotatable bonds is 4. The number of benzene rings is 1. The summed E-state index contributed by atoms with van der Waals surface area (Å²) in [6, 6.07) is 5.21. The third-order valence-corrected chi connectivity index (χ3v) is 4.66. The maximum Gasteiger partial charge on any atom is 0.416 e. The van der Waals surface area contributed by atoms with E-state index in [0.29, 0.717) is 12.1 Å². The molecule has 1 unspecified atom stereocenters. The van der Waals surface area contributed by atoms with Gasteiger partial charge in [0.1, 0.15) is 0 Å². The normalized spacial score (nSPS) is 13.4. The van der Waals surface area contributed by atoms with E-state index in [-0.39, 0.29) is 6.04 Å². The minimum absolute atomic E-state index is 0.247. The van der Waals surface area contributed by atoms with E-state index in [1.807, 2.05) is 17.7 Å². The number of hydrogen-bond acceptors (Lipinski definition) is 2. The molecular weight excluding hydrogens is 351 g/mol. The minimum atomic E-state index is -4.32. The summed E-state index contributed by atoms with van der Waals surface area (Å²) in [5.41, 5.74) is 0.946. The molecule has 0 aliphatic heterocycles. The van der Waals surface area contributed by atoms with Crippen LogP contribution in [0.15, 0.2) is 39.5 Å². The van der Waals surface area contributed by atoms with Gasteiger partial charge in [-0.1, -0.05) is 19.1 Å². The van der Waals surface area contributed by atoms with E-state index in [2.05, 4.69) is 21.2 Å². The predicted molar refractivity (Wildman–Crippen MR) is 79.0 cm³/mol. The number of alkyl halides is 3. The molecule has 0 spiro atoms. The van der Waals surface area contributed by atoms with Gasteiger partial charge in [-0.15, -0.1) is 0 Å². The summed E-state index contributed by atoms with van der Waals surface area (Å²) in [6.07, 6.45) is -4.32. The lowest BCUT2D eigenvalue weighted by atomic mass is 9.99. The molecule has 0 saturated heterocycles. The van der Waals surface area contributed by atoms with Gasteiger partial charge in [-0.05, 0) is 51.1 Å². The van der Waals surface area contributed by atoms with E-state index in [1.165, 1.54) is 23.5 Å². The molecule has 108 valence electrons. The summed E-state index contributed by atoms with van der Waals surface area (Å²) >= 11 is 4.96. The molecular formula is C14H13BrF3NS. The predicted octanol–water partition coefficient (Wildman–Crippen LogP) is 5.23. The van der Waals surface area contributed by atoms with Crippen LogP contribution in [0.1, 0.15) is 29.7 Å². The zero-order valence-electron chi connectivity index (χ0n) is 10.7. The fourth-order valence-corrected chi connectivity index (χ4v) is 3.56. The molecule has 0 saturated carbocycles. The Morgan fingerprint density at radius 3 is 2.60 bits per heavy atom. The zero-order chi connectivity index (χ0) is 14.8. The summed E-state index contributed by atoms with van der Waals surface area (Å²) < 4.78 is 39.3. The van der Waals surface area contributed by atoms with Crippen LogP contribution in [0, 0.1) is 0 Å². The van der Waals surface area contributed by atoms with Crippen molar-refractivity contribution in [2.45, 2.75) is 19.1 Å². The topological polar surface area (TPSA) is 12.0 Å². The molecule has 0 bridgehead atoms. The van der Waals surface area contributed by atoms with Crippen molar-refractivity contribution < 1.29 is 13.2 Å². The molecule has 1 aromatic heterocycles. The molecule has 0 fully saturated rings. The molecule has 0 aliphatic rings. The van der Waals surface area contributed by atoms with Crippen LogP contribution in [0.5, 0.6) is 0 Å². The van der Waals surface area contributed by atoms with Crippen molar-refractivity contribution in [3.63, 3.8) is 0 Å². The summed E-state index contributed by atoms with van der Waals surface area (Å²) in [7, 11) is 0. The Labute approximate surface area is 128 Å². The van der Waals surface area contributed by atoms with Crippen molar-refractivity contribution in [1.82, 2.24) is 5.32 Å². The van der Waals surface area contributed by atoms with Crippen LogP contribution in [0.3, 0.4) is 0 Å². The molecule has 1 N–H and O–H groups in total.